The fraction of sp³-hybridized carbons (Fsp3) is 0.667. The summed E-state index contributed by atoms with van der Waals surface area (Å²) in [5.41, 5.74) is 2.12. The first-order chi connectivity index (χ1) is 5.70. The second kappa shape index (κ2) is 4.24. The quantitative estimate of drug-likeness (QED) is 0.685. The third kappa shape index (κ3) is 2.46. The number of hydrogen-bond acceptors (Lipinski definition) is 2. The summed E-state index contributed by atoms with van der Waals surface area (Å²) in [6.07, 6.45) is 4.11. The van der Waals surface area contributed by atoms with Gasteiger partial charge in [-0.1, -0.05) is 13.8 Å². The molecule has 0 fully saturated rings. The van der Waals surface area contributed by atoms with Crippen LogP contribution in [0, 0.1) is 5.41 Å². The molecule has 3 heteroatoms. The van der Waals surface area contributed by atoms with Gasteiger partial charge in [0.05, 0.1) is 5.51 Å². The Bertz CT molecular complexity index is 216. The van der Waals surface area contributed by atoms with Gasteiger partial charge in [0.2, 0.25) is 0 Å². The van der Waals surface area contributed by atoms with Crippen LogP contribution in [0.2, 0.25) is 0 Å². The van der Waals surface area contributed by atoms with Crippen LogP contribution in [0.25, 0.3) is 0 Å². The van der Waals surface area contributed by atoms with Crippen molar-refractivity contribution in [3.05, 3.63) is 16.6 Å². The van der Waals surface area contributed by atoms with E-state index in [2.05, 4.69) is 18.8 Å². The van der Waals surface area contributed by atoms with Crippen molar-refractivity contribution in [2.45, 2.75) is 26.7 Å². The standard InChI is InChI=1S/C9H14ClNS/c1-3-9(2,6-10)4-8-5-11-7-12-8/h5,7H,3-4,6H2,1-2H3. The third-order valence-corrected chi connectivity index (χ3v) is 3.69. The van der Waals surface area contributed by atoms with Crippen LogP contribution in [-0.4, -0.2) is 10.9 Å². The third-order valence-electron chi connectivity index (χ3n) is 2.26. The Morgan fingerprint density at radius 2 is 2.42 bits per heavy atom. The van der Waals surface area contributed by atoms with Gasteiger partial charge in [-0.2, -0.15) is 0 Å². The molecule has 68 valence electrons. The van der Waals surface area contributed by atoms with E-state index >= 15 is 0 Å². The maximum absolute atomic E-state index is 5.91. The lowest BCUT2D eigenvalue weighted by atomic mass is 9.86. The second-order valence-corrected chi connectivity index (χ2v) is 4.68. The molecule has 1 heterocycles. The van der Waals surface area contributed by atoms with Crippen molar-refractivity contribution in [2.24, 2.45) is 5.41 Å². The fourth-order valence-corrected chi connectivity index (χ4v) is 2.11. The van der Waals surface area contributed by atoms with Crippen molar-refractivity contribution in [1.29, 1.82) is 0 Å². The molecule has 0 bridgehead atoms. The number of rotatable bonds is 4. The molecule has 0 saturated heterocycles. The first-order valence-electron chi connectivity index (χ1n) is 4.13. The summed E-state index contributed by atoms with van der Waals surface area (Å²) >= 11 is 7.62. The number of hydrogen-bond donors (Lipinski definition) is 0. The molecule has 1 nitrogen and oxygen atoms in total. The predicted molar refractivity (Wildman–Crippen MR) is 54.9 cm³/mol. The lowest BCUT2D eigenvalue weighted by Gasteiger charge is -2.24. The molecule has 0 radical (unpaired) electrons. The summed E-state index contributed by atoms with van der Waals surface area (Å²) < 4.78 is 0. The Kier molecular flexibility index (Phi) is 3.53. The molecule has 0 aliphatic heterocycles. The van der Waals surface area contributed by atoms with Crippen molar-refractivity contribution in [3.8, 4) is 0 Å². The summed E-state index contributed by atoms with van der Waals surface area (Å²) in [5, 5.41) is 0. The van der Waals surface area contributed by atoms with Crippen molar-refractivity contribution < 1.29 is 0 Å². The van der Waals surface area contributed by atoms with Crippen molar-refractivity contribution in [1.82, 2.24) is 4.98 Å². The molecule has 1 atom stereocenters. The highest BCUT2D eigenvalue weighted by Gasteiger charge is 2.21. The fourth-order valence-electron chi connectivity index (χ4n) is 1.02. The highest BCUT2D eigenvalue weighted by Crippen LogP contribution is 2.28. The number of halogens is 1. The monoisotopic (exact) mass is 203 g/mol. The average Bonchev–Trinajstić information content (AvgIpc) is 2.57. The summed E-state index contributed by atoms with van der Waals surface area (Å²) in [7, 11) is 0. The van der Waals surface area contributed by atoms with Gasteiger partial charge in [-0.05, 0) is 18.3 Å². The van der Waals surface area contributed by atoms with E-state index in [0.29, 0.717) is 0 Å². The molecule has 0 aliphatic rings. The number of nitrogens with zero attached hydrogens (tertiary/aromatic N) is 1. The zero-order chi connectivity index (χ0) is 9.03. The summed E-state index contributed by atoms with van der Waals surface area (Å²) in [6, 6.07) is 0. The summed E-state index contributed by atoms with van der Waals surface area (Å²) in [5.74, 6) is 0.724. The zero-order valence-electron chi connectivity index (χ0n) is 7.51. The molecule has 0 N–H and O–H groups in total. The molecule has 1 aromatic heterocycles. The van der Waals surface area contributed by atoms with Gasteiger partial charge in [0.1, 0.15) is 0 Å². The van der Waals surface area contributed by atoms with Gasteiger partial charge in [0, 0.05) is 17.0 Å². The van der Waals surface area contributed by atoms with Crippen molar-refractivity contribution >= 4 is 22.9 Å². The van der Waals surface area contributed by atoms with E-state index in [4.69, 9.17) is 11.6 Å². The van der Waals surface area contributed by atoms with E-state index in [-0.39, 0.29) is 5.41 Å². The maximum Gasteiger partial charge on any atom is 0.0794 e. The first-order valence-corrected chi connectivity index (χ1v) is 5.55. The average molecular weight is 204 g/mol. The van der Waals surface area contributed by atoms with Crippen molar-refractivity contribution in [2.75, 3.05) is 5.88 Å². The van der Waals surface area contributed by atoms with Gasteiger partial charge in [0.25, 0.3) is 0 Å². The van der Waals surface area contributed by atoms with Gasteiger partial charge < -0.3 is 0 Å². The van der Waals surface area contributed by atoms with Gasteiger partial charge in [-0.3, -0.25) is 4.98 Å². The predicted octanol–water partition coefficient (Wildman–Crippen LogP) is 3.34. The van der Waals surface area contributed by atoms with Crippen LogP contribution >= 0.6 is 22.9 Å². The molecule has 0 amide bonds. The van der Waals surface area contributed by atoms with E-state index in [0.717, 1.165) is 18.7 Å². The van der Waals surface area contributed by atoms with Crippen molar-refractivity contribution in [3.63, 3.8) is 0 Å². The highest BCUT2D eigenvalue weighted by molar-refractivity contribution is 7.09. The summed E-state index contributed by atoms with van der Waals surface area (Å²) in [6.45, 7) is 4.41. The molecule has 1 rings (SSSR count). The van der Waals surface area contributed by atoms with E-state index in [1.807, 2.05) is 11.7 Å². The van der Waals surface area contributed by atoms with E-state index in [1.165, 1.54) is 4.88 Å². The molecule has 0 saturated carbocycles. The lowest BCUT2D eigenvalue weighted by molar-refractivity contribution is 0.358. The molecular formula is C9H14ClNS. The van der Waals surface area contributed by atoms with Crippen LogP contribution in [0.4, 0.5) is 0 Å². The Morgan fingerprint density at radius 1 is 1.67 bits per heavy atom. The number of thiazole rings is 1. The maximum atomic E-state index is 5.91. The summed E-state index contributed by atoms with van der Waals surface area (Å²) in [4.78, 5) is 5.38. The molecule has 12 heavy (non-hydrogen) atoms. The van der Waals surface area contributed by atoms with Gasteiger partial charge >= 0.3 is 0 Å². The smallest absolute Gasteiger partial charge is 0.0794 e. The van der Waals surface area contributed by atoms with Crippen LogP contribution in [0.15, 0.2) is 11.7 Å². The van der Waals surface area contributed by atoms with Gasteiger partial charge in [0.15, 0.2) is 0 Å². The largest absolute Gasteiger partial charge is 0.253 e. The number of aromatic nitrogens is 1. The lowest BCUT2D eigenvalue weighted by Crippen LogP contribution is -2.19. The van der Waals surface area contributed by atoms with Crippen LogP contribution < -0.4 is 0 Å². The first kappa shape index (κ1) is 10.0. The Labute approximate surface area is 82.8 Å². The Balaban J connectivity index is 2.60. The highest BCUT2D eigenvalue weighted by atomic mass is 35.5. The molecule has 0 aromatic carbocycles. The second-order valence-electron chi connectivity index (χ2n) is 3.44. The minimum Gasteiger partial charge on any atom is -0.253 e. The molecule has 0 aliphatic carbocycles. The Morgan fingerprint density at radius 3 is 2.83 bits per heavy atom. The van der Waals surface area contributed by atoms with E-state index < -0.39 is 0 Å². The zero-order valence-corrected chi connectivity index (χ0v) is 9.08. The van der Waals surface area contributed by atoms with E-state index in [9.17, 15) is 0 Å². The topological polar surface area (TPSA) is 12.9 Å². The van der Waals surface area contributed by atoms with Gasteiger partial charge in [-0.25, -0.2) is 0 Å². The minimum absolute atomic E-state index is 0.244. The number of alkyl halides is 1. The molecule has 0 spiro atoms. The van der Waals surface area contributed by atoms with Gasteiger partial charge in [-0.15, -0.1) is 22.9 Å². The normalized spacial score (nSPS) is 15.9. The minimum atomic E-state index is 0.244. The Hall–Kier alpha value is -0.0800. The molecule has 1 unspecified atom stereocenters. The van der Waals surface area contributed by atoms with Crippen LogP contribution in [0.5, 0.6) is 0 Å². The van der Waals surface area contributed by atoms with Crippen LogP contribution in [-0.2, 0) is 6.42 Å². The van der Waals surface area contributed by atoms with Crippen LogP contribution in [0.1, 0.15) is 25.1 Å². The van der Waals surface area contributed by atoms with Crippen LogP contribution in [0.3, 0.4) is 0 Å². The van der Waals surface area contributed by atoms with E-state index in [1.54, 1.807) is 11.3 Å². The SMILES string of the molecule is CCC(C)(CCl)Cc1cncs1. The molecule has 1 aromatic rings. The molecular weight excluding hydrogens is 190 g/mol.